The highest BCUT2D eigenvalue weighted by Gasteiger charge is 1.98. The zero-order valence-electron chi connectivity index (χ0n) is 7.53. The summed E-state index contributed by atoms with van der Waals surface area (Å²) < 4.78 is 0. The first-order chi connectivity index (χ1) is 5.88. The van der Waals surface area contributed by atoms with Crippen LogP contribution in [0.25, 0.3) is 11.0 Å². The van der Waals surface area contributed by atoms with Crippen molar-refractivity contribution in [3.05, 3.63) is 22.7 Å². The summed E-state index contributed by atoms with van der Waals surface area (Å²) in [6.45, 7) is 6.06. The molecule has 0 saturated heterocycles. The van der Waals surface area contributed by atoms with Crippen molar-refractivity contribution in [3.63, 3.8) is 0 Å². The monoisotopic (exact) mass is 180 g/mol. The first-order valence-electron chi connectivity index (χ1n) is 4.03. The van der Waals surface area contributed by atoms with Crippen LogP contribution in [0, 0.1) is 6.92 Å². The second-order valence-corrected chi connectivity index (χ2v) is 3.17. The summed E-state index contributed by atoms with van der Waals surface area (Å²) in [5.41, 5.74) is 2.04. The van der Waals surface area contributed by atoms with Crippen LogP contribution in [0.3, 0.4) is 0 Å². The van der Waals surface area contributed by atoms with Crippen LogP contribution in [0.15, 0.2) is 17.8 Å². The van der Waals surface area contributed by atoms with E-state index in [9.17, 15) is 0 Å². The van der Waals surface area contributed by atoms with E-state index in [1.807, 2.05) is 19.2 Å². The second-order valence-electron chi connectivity index (χ2n) is 2.08. The molecule has 12 heavy (non-hydrogen) atoms. The third-order valence-corrected chi connectivity index (χ3v) is 2.30. The Kier molecular flexibility index (Phi) is 3.17. The highest BCUT2D eigenvalue weighted by atomic mass is 32.1. The van der Waals surface area contributed by atoms with Crippen molar-refractivity contribution in [2.75, 3.05) is 0 Å². The van der Waals surface area contributed by atoms with Crippen LogP contribution in [0.2, 0.25) is 0 Å². The van der Waals surface area contributed by atoms with Gasteiger partial charge in [-0.1, -0.05) is 13.8 Å². The molecule has 0 saturated carbocycles. The Bertz CT molecular complexity index is 354. The lowest BCUT2D eigenvalue weighted by atomic mass is 10.4. The van der Waals surface area contributed by atoms with Gasteiger partial charge in [-0.2, -0.15) is 0 Å². The molecule has 3 heteroatoms. The Morgan fingerprint density at radius 2 is 1.83 bits per heavy atom. The van der Waals surface area contributed by atoms with E-state index in [0.717, 1.165) is 11.0 Å². The number of aromatic nitrogens is 2. The minimum atomic E-state index is 1.00. The Morgan fingerprint density at radius 1 is 1.17 bits per heavy atom. The van der Waals surface area contributed by atoms with Crippen molar-refractivity contribution >= 4 is 22.4 Å². The number of hydrogen-bond acceptors (Lipinski definition) is 3. The molecule has 2 nitrogen and oxygen atoms in total. The quantitative estimate of drug-likeness (QED) is 0.622. The first kappa shape index (κ1) is 9.13. The van der Waals surface area contributed by atoms with E-state index >= 15 is 0 Å². The second kappa shape index (κ2) is 4.16. The lowest BCUT2D eigenvalue weighted by molar-refractivity contribution is 1.30. The van der Waals surface area contributed by atoms with E-state index < -0.39 is 0 Å². The van der Waals surface area contributed by atoms with Gasteiger partial charge in [0.05, 0.1) is 5.52 Å². The Labute approximate surface area is 76.3 Å². The maximum atomic E-state index is 4.19. The van der Waals surface area contributed by atoms with Crippen LogP contribution in [-0.4, -0.2) is 9.97 Å². The first-order valence-corrected chi connectivity index (χ1v) is 4.91. The van der Waals surface area contributed by atoms with Gasteiger partial charge < -0.3 is 0 Å². The molecule has 0 aromatic carbocycles. The molecule has 0 radical (unpaired) electrons. The third kappa shape index (κ3) is 1.61. The summed E-state index contributed by atoms with van der Waals surface area (Å²) in [6.07, 6.45) is 3.44. The van der Waals surface area contributed by atoms with Crippen molar-refractivity contribution in [2.45, 2.75) is 20.8 Å². The van der Waals surface area contributed by atoms with Crippen LogP contribution in [0.1, 0.15) is 18.7 Å². The van der Waals surface area contributed by atoms with Gasteiger partial charge in [0.2, 0.25) is 0 Å². The van der Waals surface area contributed by atoms with Crippen LogP contribution in [-0.2, 0) is 0 Å². The summed E-state index contributed by atoms with van der Waals surface area (Å²) in [5, 5.41) is 2.03. The number of fused-ring (bicyclic) bond motifs is 1. The van der Waals surface area contributed by atoms with Crippen LogP contribution in [0.5, 0.6) is 0 Å². The third-order valence-electron chi connectivity index (χ3n) is 1.41. The molecule has 2 aromatic heterocycles. The van der Waals surface area contributed by atoms with E-state index in [4.69, 9.17) is 0 Å². The molecule has 2 rings (SSSR count). The molecule has 2 aromatic rings. The van der Waals surface area contributed by atoms with Gasteiger partial charge in [-0.3, -0.25) is 9.97 Å². The number of nitrogens with zero attached hydrogens (tertiary/aromatic N) is 2. The van der Waals surface area contributed by atoms with Crippen molar-refractivity contribution in [3.8, 4) is 0 Å². The SMILES string of the molecule is CC.Cc1scc2nccnc12. The standard InChI is InChI=1S/C7H6N2S.C2H6/c1-5-7-6(4-10-5)8-2-3-9-7;1-2/h2-4H,1H3;1-2H3. The predicted octanol–water partition coefficient (Wildman–Crippen LogP) is 3.03. The highest BCUT2D eigenvalue weighted by Crippen LogP contribution is 2.19. The molecule has 0 aliphatic heterocycles. The molecule has 0 unspecified atom stereocenters. The Hall–Kier alpha value is -0.960. The molecule has 0 spiro atoms. The van der Waals surface area contributed by atoms with E-state index in [2.05, 4.69) is 16.9 Å². The van der Waals surface area contributed by atoms with Crippen LogP contribution >= 0.6 is 11.3 Å². The minimum Gasteiger partial charge on any atom is -0.252 e. The molecule has 0 atom stereocenters. The number of aryl methyl sites for hydroxylation is 1. The van der Waals surface area contributed by atoms with Gasteiger partial charge in [0, 0.05) is 22.7 Å². The van der Waals surface area contributed by atoms with Crippen molar-refractivity contribution in [1.82, 2.24) is 9.97 Å². The van der Waals surface area contributed by atoms with Gasteiger partial charge in [0.1, 0.15) is 5.52 Å². The van der Waals surface area contributed by atoms with Crippen molar-refractivity contribution < 1.29 is 0 Å². The number of rotatable bonds is 0. The molecule has 2 heterocycles. The highest BCUT2D eigenvalue weighted by molar-refractivity contribution is 7.11. The average Bonchev–Trinajstić information content (AvgIpc) is 2.53. The molecule has 0 fully saturated rings. The van der Waals surface area contributed by atoms with Crippen LogP contribution in [0.4, 0.5) is 0 Å². The Balaban J connectivity index is 0.000000336. The van der Waals surface area contributed by atoms with E-state index in [1.54, 1.807) is 23.7 Å². The Morgan fingerprint density at radius 3 is 2.50 bits per heavy atom. The largest absolute Gasteiger partial charge is 0.252 e. The van der Waals surface area contributed by atoms with Crippen molar-refractivity contribution in [2.24, 2.45) is 0 Å². The van der Waals surface area contributed by atoms with Gasteiger partial charge in [-0.15, -0.1) is 11.3 Å². The summed E-state index contributed by atoms with van der Waals surface area (Å²) in [4.78, 5) is 9.58. The molecular weight excluding hydrogens is 168 g/mol. The fourth-order valence-electron chi connectivity index (χ4n) is 0.906. The smallest absolute Gasteiger partial charge is 0.102 e. The molecule has 0 bridgehead atoms. The fraction of sp³-hybridized carbons (Fsp3) is 0.333. The normalized spacial score (nSPS) is 9.25. The topological polar surface area (TPSA) is 25.8 Å². The number of thiophene rings is 1. The van der Waals surface area contributed by atoms with Gasteiger partial charge in [0.25, 0.3) is 0 Å². The molecule has 0 aliphatic rings. The lowest BCUT2D eigenvalue weighted by Crippen LogP contribution is -1.76. The lowest BCUT2D eigenvalue weighted by Gasteiger charge is -1.85. The molecule has 0 aliphatic carbocycles. The maximum Gasteiger partial charge on any atom is 0.102 e. The molecule has 0 N–H and O–H groups in total. The van der Waals surface area contributed by atoms with E-state index in [-0.39, 0.29) is 0 Å². The minimum absolute atomic E-state index is 1.00. The van der Waals surface area contributed by atoms with Gasteiger partial charge in [0.15, 0.2) is 0 Å². The number of hydrogen-bond donors (Lipinski definition) is 0. The summed E-state index contributed by atoms with van der Waals surface area (Å²) >= 11 is 1.69. The predicted molar refractivity (Wildman–Crippen MR) is 53.5 cm³/mol. The molecular formula is C9H12N2S. The van der Waals surface area contributed by atoms with E-state index in [0.29, 0.717) is 0 Å². The fourth-order valence-corrected chi connectivity index (χ4v) is 1.64. The summed E-state index contributed by atoms with van der Waals surface area (Å²) in [6, 6.07) is 0. The zero-order chi connectivity index (χ0) is 8.97. The maximum absolute atomic E-state index is 4.19. The average molecular weight is 180 g/mol. The molecule has 0 amide bonds. The van der Waals surface area contributed by atoms with Gasteiger partial charge in [-0.25, -0.2) is 0 Å². The summed E-state index contributed by atoms with van der Waals surface area (Å²) in [5.74, 6) is 0. The van der Waals surface area contributed by atoms with Crippen molar-refractivity contribution in [1.29, 1.82) is 0 Å². The molecule has 64 valence electrons. The van der Waals surface area contributed by atoms with E-state index in [1.165, 1.54) is 4.88 Å². The van der Waals surface area contributed by atoms with Gasteiger partial charge >= 0.3 is 0 Å². The van der Waals surface area contributed by atoms with Gasteiger partial charge in [-0.05, 0) is 6.92 Å². The zero-order valence-corrected chi connectivity index (χ0v) is 8.35. The van der Waals surface area contributed by atoms with Crippen LogP contribution < -0.4 is 0 Å². The summed E-state index contributed by atoms with van der Waals surface area (Å²) in [7, 11) is 0.